The van der Waals surface area contributed by atoms with Gasteiger partial charge in [0.05, 0.1) is 17.0 Å². The molecule has 0 aromatic heterocycles. The zero-order chi connectivity index (χ0) is 13.1. The number of fused-ring (bicyclic) bond motifs is 1. The fourth-order valence-corrected chi connectivity index (χ4v) is 2.82. The van der Waals surface area contributed by atoms with E-state index in [4.69, 9.17) is 5.73 Å². The minimum Gasteiger partial charge on any atom is -0.330 e. The van der Waals surface area contributed by atoms with Crippen LogP contribution in [0.5, 0.6) is 0 Å². The summed E-state index contributed by atoms with van der Waals surface area (Å²) in [6.07, 6.45) is 0.883. The number of nitrogens with two attached hydrogens (primary N) is 1. The van der Waals surface area contributed by atoms with Crippen molar-refractivity contribution in [2.24, 2.45) is 5.73 Å². The first-order valence-corrected chi connectivity index (χ1v) is 6.97. The van der Waals surface area contributed by atoms with Crippen LogP contribution >= 0.6 is 11.8 Å². The molecule has 96 valence electrons. The van der Waals surface area contributed by atoms with Gasteiger partial charge in [0.25, 0.3) is 11.8 Å². The molecule has 0 aliphatic carbocycles. The maximum absolute atomic E-state index is 12.0. The third-order valence-electron chi connectivity index (χ3n) is 2.94. The molecule has 1 atom stereocenters. The number of hydrogen-bond acceptors (Lipinski definition) is 4. The van der Waals surface area contributed by atoms with Crippen LogP contribution in [-0.2, 0) is 0 Å². The summed E-state index contributed by atoms with van der Waals surface area (Å²) in [4.78, 5) is 25.4. The number of thioether (sulfide) groups is 1. The summed E-state index contributed by atoms with van der Waals surface area (Å²) >= 11 is 1.58. The van der Waals surface area contributed by atoms with Gasteiger partial charge >= 0.3 is 0 Å². The molecule has 0 saturated heterocycles. The molecule has 1 aliphatic rings. The highest BCUT2D eigenvalue weighted by Crippen LogP contribution is 2.25. The highest BCUT2D eigenvalue weighted by Gasteiger charge is 2.34. The molecule has 4 nitrogen and oxygen atoms in total. The number of benzene rings is 1. The summed E-state index contributed by atoms with van der Waals surface area (Å²) in [6, 6.07) is 6.95. The highest BCUT2D eigenvalue weighted by atomic mass is 32.2. The maximum atomic E-state index is 12.0. The van der Waals surface area contributed by atoms with Gasteiger partial charge in [0.1, 0.15) is 0 Å². The van der Waals surface area contributed by atoms with Crippen LogP contribution < -0.4 is 5.73 Å². The van der Waals surface area contributed by atoms with E-state index in [9.17, 15) is 9.59 Å². The van der Waals surface area contributed by atoms with E-state index >= 15 is 0 Å². The Balaban J connectivity index is 2.05. The summed E-state index contributed by atoms with van der Waals surface area (Å²) in [5.41, 5.74) is 6.49. The van der Waals surface area contributed by atoms with E-state index in [1.165, 1.54) is 4.90 Å². The standard InChI is InChI=1S/C13H16N2O2S/c1-9(6-7-14)18-8-15-12(16)10-4-2-3-5-11(10)13(15)17/h2-5,9H,6-8,14H2,1H3. The van der Waals surface area contributed by atoms with Crippen molar-refractivity contribution in [1.29, 1.82) is 0 Å². The smallest absolute Gasteiger partial charge is 0.262 e. The van der Waals surface area contributed by atoms with Crippen LogP contribution in [0.25, 0.3) is 0 Å². The van der Waals surface area contributed by atoms with Crippen LogP contribution in [0.4, 0.5) is 0 Å². The molecule has 1 aliphatic heterocycles. The molecule has 0 spiro atoms. The lowest BCUT2D eigenvalue weighted by molar-refractivity contribution is 0.0684. The second-order valence-corrected chi connectivity index (χ2v) is 5.66. The Morgan fingerprint density at radius 3 is 2.28 bits per heavy atom. The van der Waals surface area contributed by atoms with E-state index in [1.54, 1.807) is 36.0 Å². The third-order valence-corrected chi connectivity index (χ3v) is 4.15. The Hall–Kier alpha value is -1.33. The fourth-order valence-electron chi connectivity index (χ4n) is 1.88. The van der Waals surface area contributed by atoms with Gasteiger partial charge in [-0.15, -0.1) is 11.8 Å². The second kappa shape index (κ2) is 5.54. The number of rotatable bonds is 5. The number of carbonyl (C=O) groups is 2. The van der Waals surface area contributed by atoms with Crippen molar-refractivity contribution in [2.45, 2.75) is 18.6 Å². The molecule has 1 aromatic rings. The lowest BCUT2D eigenvalue weighted by atomic mass is 10.1. The molecule has 0 fully saturated rings. The molecule has 1 heterocycles. The number of carbonyl (C=O) groups excluding carboxylic acids is 2. The second-order valence-electron chi connectivity index (χ2n) is 4.27. The Labute approximate surface area is 111 Å². The molecule has 1 aromatic carbocycles. The minimum atomic E-state index is -0.192. The maximum Gasteiger partial charge on any atom is 0.262 e. The molecule has 5 heteroatoms. The lowest BCUT2D eigenvalue weighted by Crippen LogP contribution is -2.30. The molecule has 18 heavy (non-hydrogen) atoms. The van der Waals surface area contributed by atoms with Crippen LogP contribution in [-0.4, -0.2) is 34.4 Å². The Morgan fingerprint density at radius 1 is 1.22 bits per heavy atom. The summed E-state index contributed by atoms with van der Waals surface area (Å²) in [5.74, 6) is 0.0131. The van der Waals surface area contributed by atoms with E-state index in [-0.39, 0.29) is 11.8 Å². The zero-order valence-corrected chi connectivity index (χ0v) is 11.1. The average molecular weight is 264 g/mol. The van der Waals surface area contributed by atoms with Crippen LogP contribution in [0.3, 0.4) is 0 Å². The molecule has 0 saturated carbocycles. The average Bonchev–Trinajstić information content (AvgIpc) is 2.61. The van der Waals surface area contributed by atoms with E-state index in [2.05, 4.69) is 6.92 Å². The number of imide groups is 1. The van der Waals surface area contributed by atoms with Crippen LogP contribution in [0, 0.1) is 0 Å². The zero-order valence-electron chi connectivity index (χ0n) is 10.3. The minimum absolute atomic E-state index is 0.192. The normalized spacial score (nSPS) is 16.0. The van der Waals surface area contributed by atoms with Gasteiger partial charge in [-0.25, -0.2) is 0 Å². The van der Waals surface area contributed by atoms with Crippen molar-refractivity contribution < 1.29 is 9.59 Å². The Kier molecular flexibility index (Phi) is 4.04. The molecule has 0 radical (unpaired) electrons. The summed E-state index contributed by atoms with van der Waals surface area (Å²) in [7, 11) is 0. The number of amides is 2. The number of hydrogen-bond donors (Lipinski definition) is 1. The SMILES string of the molecule is CC(CCN)SCN1C(=O)c2ccccc2C1=O. The van der Waals surface area contributed by atoms with Crippen molar-refractivity contribution in [2.75, 3.05) is 12.4 Å². The van der Waals surface area contributed by atoms with Crippen LogP contribution in [0.15, 0.2) is 24.3 Å². The summed E-state index contributed by atoms with van der Waals surface area (Å²) < 4.78 is 0. The first-order chi connectivity index (χ1) is 8.65. The quantitative estimate of drug-likeness (QED) is 0.822. The van der Waals surface area contributed by atoms with Gasteiger partial charge in [0, 0.05) is 5.25 Å². The summed E-state index contributed by atoms with van der Waals surface area (Å²) in [5, 5.41) is 0.347. The predicted molar refractivity (Wildman–Crippen MR) is 72.5 cm³/mol. The van der Waals surface area contributed by atoms with E-state index in [0.29, 0.717) is 28.8 Å². The molecular formula is C13H16N2O2S. The molecular weight excluding hydrogens is 248 g/mol. The fraction of sp³-hybridized carbons (Fsp3) is 0.385. The van der Waals surface area contributed by atoms with E-state index in [0.717, 1.165) is 6.42 Å². The van der Waals surface area contributed by atoms with Gasteiger partial charge in [-0.1, -0.05) is 19.1 Å². The first kappa shape index (κ1) is 13.1. The van der Waals surface area contributed by atoms with Crippen molar-refractivity contribution in [3.63, 3.8) is 0 Å². The Morgan fingerprint density at radius 2 is 1.78 bits per heavy atom. The lowest BCUT2D eigenvalue weighted by Gasteiger charge is -2.16. The van der Waals surface area contributed by atoms with Gasteiger partial charge in [-0.05, 0) is 25.1 Å². The topological polar surface area (TPSA) is 63.4 Å². The molecule has 2 amide bonds. The van der Waals surface area contributed by atoms with Crippen molar-refractivity contribution >= 4 is 23.6 Å². The van der Waals surface area contributed by atoms with Gasteiger partial charge in [-0.2, -0.15) is 0 Å². The molecule has 2 N–H and O–H groups in total. The van der Waals surface area contributed by atoms with Crippen LogP contribution in [0.1, 0.15) is 34.1 Å². The van der Waals surface area contributed by atoms with Crippen molar-refractivity contribution in [3.8, 4) is 0 Å². The molecule has 2 rings (SSSR count). The Bertz CT molecular complexity index is 441. The molecule has 1 unspecified atom stereocenters. The summed E-state index contributed by atoms with van der Waals surface area (Å²) in [6.45, 7) is 2.67. The van der Waals surface area contributed by atoms with Gasteiger partial charge in [0.15, 0.2) is 0 Å². The van der Waals surface area contributed by atoms with Gasteiger partial charge in [-0.3, -0.25) is 14.5 Å². The van der Waals surface area contributed by atoms with Gasteiger partial charge < -0.3 is 5.73 Å². The monoisotopic (exact) mass is 264 g/mol. The van der Waals surface area contributed by atoms with Crippen molar-refractivity contribution in [1.82, 2.24) is 4.90 Å². The first-order valence-electron chi connectivity index (χ1n) is 5.92. The number of nitrogens with zero attached hydrogens (tertiary/aromatic N) is 1. The third kappa shape index (κ3) is 2.42. The van der Waals surface area contributed by atoms with E-state index in [1.807, 2.05) is 0 Å². The largest absolute Gasteiger partial charge is 0.330 e. The highest BCUT2D eigenvalue weighted by molar-refractivity contribution is 7.99. The molecule has 0 bridgehead atoms. The van der Waals surface area contributed by atoms with Gasteiger partial charge in [0.2, 0.25) is 0 Å². The van der Waals surface area contributed by atoms with Crippen molar-refractivity contribution in [3.05, 3.63) is 35.4 Å². The van der Waals surface area contributed by atoms with Crippen LogP contribution in [0.2, 0.25) is 0 Å². The predicted octanol–water partition coefficient (Wildman–Crippen LogP) is 1.71. The van der Waals surface area contributed by atoms with E-state index < -0.39 is 0 Å².